The van der Waals surface area contributed by atoms with Crippen molar-refractivity contribution in [3.8, 4) is 5.75 Å². The van der Waals surface area contributed by atoms with Gasteiger partial charge in [0.15, 0.2) is 0 Å². The van der Waals surface area contributed by atoms with E-state index in [0.29, 0.717) is 39.0 Å². The number of nitrogens with zero attached hydrogens (tertiary/aromatic N) is 1. The van der Waals surface area contributed by atoms with Crippen LogP contribution in [0.3, 0.4) is 0 Å². The molecule has 2 fully saturated rings. The molecule has 2 saturated heterocycles. The molecule has 5 nitrogen and oxygen atoms in total. The number of amides is 1. The van der Waals surface area contributed by atoms with Crippen molar-refractivity contribution in [3.63, 3.8) is 0 Å². The highest BCUT2D eigenvalue weighted by molar-refractivity contribution is 6.32. The van der Waals surface area contributed by atoms with Crippen molar-refractivity contribution < 1.29 is 14.6 Å². The highest BCUT2D eigenvalue weighted by Gasteiger charge is 2.37. The molecular weight excluding hydrogens is 364 g/mol. The van der Waals surface area contributed by atoms with Crippen LogP contribution in [0.2, 0.25) is 5.02 Å². The lowest BCUT2D eigenvalue weighted by molar-refractivity contribution is -0.136. The van der Waals surface area contributed by atoms with E-state index in [4.69, 9.17) is 16.3 Å². The van der Waals surface area contributed by atoms with Crippen molar-refractivity contribution in [3.05, 3.63) is 28.3 Å². The molecule has 0 saturated carbocycles. The third-order valence-electron chi connectivity index (χ3n) is 5.86. The molecule has 1 aromatic rings. The minimum absolute atomic E-state index is 0.178. The molecule has 0 aromatic heterocycles. The maximum atomic E-state index is 12.9. The van der Waals surface area contributed by atoms with Crippen molar-refractivity contribution >= 4 is 17.5 Å². The number of likely N-dealkylation sites (tertiary alicyclic amines) is 1. The fourth-order valence-electron chi connectivity index (χ4n) is 4.13. The number of ether oxygens (including phenoxy) is 1. The van der Waals surface area contributed by atoms with Crippen LogP contribution in [0.15, 0.2) is 12.1 Å². The Morgan fingerprint density at radius 3 is 2.59 bits per heavy atom. The number of aryl methyl sites for hydroxylation is 2. The van der Waals surface area contributed by atoms with Gasteiger partial charge in [-0.1, -0.05) is 11.6 Å². The number of carbonyl (C=O) groups is 1. The van der Waals surface area contributed by atoms with E-state index >= 15 is 0 Å². The Labute approximate surface area is 167 Å². The van der Waals surface area contributed by atoms with Gasteiger partial charge in [0, 0.05) is 36.5 Å². The molecule has 1 aromatic carbocycles. The molecule has 2 N–H and O–H groups in total. The van der Waals surface area contributed by atoms with Gasteiger partial charge < -0.3 is 20.1 Å². The summed E-state index contributed by atoms with van der Waals surface area (Å²) in [6, 6.07) is 3.93. The van der Waals surface area contributed by atoms with Crippen LogP contribution in [0.5, 0.6) is 5.75 Å². The molecule has 0 radical (unpaired) electrons. The van der Waals surface area contributed by atoms with Crippen molar-refractivity contribution in [1.29, 1.82) is 0 Å². The van der Waals surface area contributed by atoms with E-state index in [2.05, 4.69) is 5.32 Å². The molecule has 6 heteroatoms. The summed E-state index contributed by atoms with van der Waals surface area (Å²) >= 11 is 6.26. The van der Waals surface area contributed by atoms with Crippen LogP contribution in [0, 0.1) is 19.3 Å². The molecule has 3 rings (SSSR count). The summed E-state index contributed by atoms with van der Waals surface area (Å²) < 4.78 is 6.16. The molecule has 0 aliphatic carbocycles. The fourth-order valence-corrected chi connectivity index (χ4v) is 4.24. The summed E-state index contributed by atoms with van der Waals surface area (Å²) in [6.45, 7) is 7.57. The Hall–Kier alpha value is -1.30. The van der Waals surface area contributed by atoms with E-state index in [9.17, 15) is 9.90 Å². The SMILES string of the molecule is Cc1cc(OC[C@]2(CC(=O)N3CCC(O)CC3)CCCNC2)cc(C)c1Cl. The van der Waals surface area contributed by atoms with E-state index in [0.717, 1.165) is 47.8 Å². The molecule has 0 unspecified atom stereocenters. The quantitative estimate of drug-likeness (QED) is 0.805. The first-order valence-electron chi connectivity index (χ1n) is 9.95. The van der Waals surface area contributed by atoms with E-state index in [1.54, 1.807) is 0 Å². The van der Waals surface area contributed by atoms with Crippen molar-refractivity contribution in [1.82, 2.24) is 10.2 Å². The summed E-state index contributed by atoms with van der Waals surface area (Å²) in [5.41, 5.74) is 1.82. The number of nitrogens with one attached hydrogen (secondary N) is 1. The van der Waals surface area contributed by atoms with Gasteiger partial charge in [0.2, 0.25) is 5.91 Å². The Morgan fingerprint density at radius 1 is 1.33 bits per heavy atom. The molecule has 2 aliphatic heterocycles. The largest absolute Gasteiger partial charge is 0.493 e. The van der Waals surface area contributed by atoms with Crippen LogP contribution in [0.4, 0.5) is 0 Å². The lowest BCUT2D eigenvalue weighted by Gasteiger charge is -2.39. The van der Waals surface area contributed by atoms with Crippen LogP contribution in [-0.2, 0) is 4.79 Å². The van der Waals surface area contributed by atoms with Gasteiger partial charge in [0.25, 0.3) is 0 Å². The van der Waals surface area contributed by atoms with E-state index in [-0.39, 0.29) is 17.4 Å². The van der Waals surface area contributed by atoms with Crippen LogP contribution in [-0.4, -0.2) is 54.8 Å². The molecule has 1 atom stereocenters. The van der Waals surface area contributed by atoms with Crippen molar-refractivity contribution in [2.45, 2.75) is 52.1 Å². The van der Waals surface area contributed by atoms with Crippen LogP contribution in [0.1, 0.15) is 43.2 Å². The van der Waals surface area contributed by atoms with Gasteiger partial charge >= 0.3 is 0 Å². The minimum atomic E-state index is -0.265. The molecule has 1 amide bonds. The first kappa shape index (κ1) is 20.4. The number of rotatable bonds is 5. The lowest BCUT2D eigenvalue weighted by atomic mass is 9.78. The molecule has 2 aliphatic rings. The summed E-state index contributed by atoms with van der Waals surface area (Å²) in [5.74, 6) is 0.991. The van der Waals surface area contributed by atoms with Gasteiger partial charge in [-0.2, -0.15) is 0 Å². The van der Waals surface area contributed by atoms with Crippen LogP contribution < -0.4 is 10.1 Å². The highest BCUT2D eigenvalue weighted by Crippen LogP contribution is 2.34. The van der Waals surface area contributed by atoms with Gasteiger partial charge in [0.1, 0.15) is 5.75 Å². The summed E-state index contributed by atoms with van der Waals surface area (Å²) in [6.07, 6.45) is 3.61. The first-order chi connectivity index (χ1) is 12.9. The second-order valence-corrected chi connectivity index (χ2v) is 8.61. The Morgan fingerprint density at radius 2 is 2.00 bits per heavy atom. The van der Waals surface area contributed by atoms with Gasteiger partial charge in [-0.05, 0) is 69.3 Å². The van der Waals surface area contributed by atoms with Crippen LogP contribution in [0.25, 0.3) is 0 Å². The zero-order valence-electron chi connectivity index (χ0n) is 16.4. The molecule has 150 valence electrons. The topological polar surface area (TPSA) is 61.8 Å². The first-order valence-corrected chi connectivity index (χ1v) is 10.3. The standard InChI is InChI=1S/C21H31ClN2O3/c1-15-10-18(11-16(2)20(15)22)27-14-21(6-3-7-23-13-21)12-19(26)24-8-4-17(25)5-9-24/h10-11,17,23,25H,3-9,12-14H2,1-2H3/t21-/m0/s1. The van der Waals surface area contributed by atoms with Crippen molar-refractivity contribution in [2.75, 3.05) is 32.8 Å². The minimum Gasteiger partial charge on any atom is -0.493 e. The summed E-state index contributed by atoms with van der Waals surface area (Å²) in [4.78, 5) is 14.8. The Bertz CT molecular complexity index is 642. The zero-order chi connectivity index (χ0) is 19.4. The number of halogens is 1. The smallest absolute Gasteiger partial charge is 0.223 e. The average Bonchev–Trinajstić information content (AvgIpc) is 2.65. The number of piperidine rings is 2. The highest BCUT2D eigenvalue weighted by atomic mass is 35.5. The number of carbonyl (C=O) groups excluding carboxylic acids is 1. The van der Waals surface area contributed by atoms with Gasteiger partial charge in [-0.3, -0.25) is 4.79 Å². The third kappa shape index (κ3) is 5.15. The number of benzene rings is 1. The lowest BCUT2D eigenvalue weighted by Crippen LogP contribution is -2.49. The molecule has 0 spiro atoms. The second kappa shape index (κ2) is 8.80. The van der Waals surface area contributed by atoms with E-state index in [1.807, 2.05) is 30.9 Å². The summed E-state index contributed by atoms with van der Waals surface area (Å²) in [7, 11) is 0. The predicted octanol–water partition coefficient (Wildman–Crippen LogP) is 3.08. The van der Waals surface area contributed by atoms with Gasteiger partial charge in [-0.15, -0.1) is 0 Å². The van der Waals surface area contributed by atoms with Crippen LogP contribution >= 0.6 is 11.6 Å². The summed E-state index contributed by atoms with van der Waals surface area (Å²) in [5, 5.41) is 13.9. The number of aliphatic hydroxyl groups is 1. The molecule has 0 bridgehead atoms. The average molecular weight is 395 g/mol. The van der Waals surface area contributed by atoms with Gasteiger partial charge in [0.05, 0.1) is 12.7 Å². The maximum absolute atomic E-state index is 12.9. The van der Waals surface area contributed by atoms with E-state index in [1.165, 1.54) is 0 Å². The second-order valence-electron chi connectivity index (χ2n) is 8.23. The Balaban J connectivity index is 1.66. The number of hydrogen-bond donors (Lipinski definition) is 2. The molecular formula is C21H31ClN2O3. The van der Waals surface area contributed by atoms with Crippen molar-refractivity contribution in [2.24, 2.45) is 5.41 Å². The monoisotopic (exact) mass is 394 g/mol. The van der Waals surface area contributed by atoms with E-state index < -0.39 is 0 Å². The Kier molecular flexibility index (Phi) is 6.66. The molecule has 27 heavy (non-hydrogen) atoms. The fraction of sp³-hybridized carbons (Fsp3) is 0.667. The molecule has 2 heterocycles. The van der Waals surface area contributed by atoms with Gasteiger partial charge in [-0.25, -0.2) is 0 Å². The third-order valence-corrected chi connectivity index (χ3v) is 6.46. The predicted molar refractivity (Wildman–Crippen MR) is 107 cm³/mol. The number of aliphatic hydroxyl groups excluding tert-OH is 1. The number of hydrogen-bond acceptors (Lipinski definition) is 4. The maximum Gasteiger partial charge on any atom is 0.223 e. The normalized spacial score (nSPS) is 24.1. The zero-order valence-corrected chi connectivity index (χ0v) is 17.1.